The summed E-state index contributed by atoms with van der Waals surface area (Å²) in [7, 11) is 1.60. The van der Waals surface area contributed by atoms with Crippen molar-refractivity contribution in [2.75, 3.05) is 7.11 Å². The van der Waals surface area contributed by atoms with Gasteiger partial charge in [0.05, 0.1) is 7.11 Å². The molecule has 2 aromatic rings. The second-order valence-electron chi connectivity index (χ2n) is 5.21. The molecule has 0 bridgehead atoms. The molecule has 0 amide bonds. The maximum atomic E-state index is 10.3. The largest absolute Gasteiger partial charge is 0.508 e. The van der Waals surface area contributed by atoms with Gasteiger partial charge in [-0.25, -0.2) is 0 Å². The van der Waals surface area contributed by atoms with Crippen molar-refractivity contribution in [1.82, 2.24) is 0 Å². The zero-order valence-corrected chi connectivity index (χ0v) is 12.6. The van der Waals surface area contributed by atoms with Crippen LogP contribution in [0.2, 0.25) is 0 Å². The maximum Gasteiger partial charge on any atom is 0.126 e. The van der Waals surface area contributed by atoms with Crippen molar-refractivity contribution in [3.63, 3.8) is 0 Å². The van der Waals surface area contributed by atoms with Crippen LogP contribution in [0.5, 0.6) is 17.2 Å². The first kappa shape index (κ1) is 15.0. The van der Waals surface area contributed by atoms with E-state index in [1.165, 1.54) is 5.57 Å². The summed E-state index contributed by atoms with van der Waals surface area (Å²) >= 11 is 0. The Morgan fingerprint density at radius 1 is 1.05 bits per heavy atom. The van der Waals surface area contributed by atoms with Gasteiger partial charge in [-0.3, -0.25) is 0 Å². The van der Waals surface area contributed by atoms with Crippen LogP contribution in [0.3, 0.4) is 0 Å². The molecule has 0 saturated carbocycles. The molecule has 0 unspecified atom stereocenters. The third-order valence-electron chi connectivity index (χ3n) is 3.32. The highest BCUT2D eigenvalue weighted by atomic mass is 16.5. The van der Waals surface area contributed by atoms with Gasteiger partial charge >= 0.3 is 0 Å². The van der Waals surface area contributed by atoms with Crippen LogP contribution in [-0.2, 0) is 6.42 Å². The molecule has 21 heavy (non-hydrogen) atoms. The van der Waals surface area contributed by atoms with Crippen LogP contribution in [0.1, 0.15) is 19.4 Å². The zero-order chi connectivity index (χ0) is 15.4. The number of rotatable bonds is 4. The minimum absolute atomic E-state index is 0.218. The van der Waals surface area contributed by atoms with E-state index in [4.69, 9.17) is 4.74 Å². The average molecular weight is 284 g/mol. The number of aromatic hydroxyl groups is 2. The Hall–Kier alpha value is -2.42. The lowest BCUT2D eigenvalue weighted by Gasteiger charge is -2.12. The Kier molecular flexibility index (Phi) is 4.53. The molecule has 0 atom stereocenters. The fourth-order valence-corrected chi connectivity index (χ4v) is 2.14. The highest BCUT2D eigenvalue weighted by molar-refractivity contribution is 5.69. The second kappa shape index (κ2) is 6.35. The molecule has 2 aromatic carbocycles. The molecule has 0 aliphatic carbocycles. The summed E-state index contributed by atoms with van der Waals surface area (Å²) in [5, 5.41) is 19.6. The first-order valence-corrected chi connectivity index (χ1v) is 6.84. The summed E-state index contributed by atoms with van der Waals surface area (Å²) in [4.78, 5) is 0. The molecular formula is C18H20O3. The van der Waals surface area contributed by atoms with Crippen molar-refractivity contribution in [2.45, 2.75) is 20.3 Å². The fraction of sp³-hybridized carbons (Fsp3) is 0.222. The quantitative estimate of drug-likeness (QED) is 0.824. The number of methoxy groups -OCH3 is 1. The van der Waals surface area contributed by atoms with Crippen LogP contribution in [0.4, 0.5) is 0 Å². The lowest BCUT2D eigenvalue weighted by Crippen LogP contribution is -1.93. The van der Waals surface area contributed by atoms with Crippen molar-refractivity contribution < 1.29 is 14.9 Å². The molecule has 3 heteroatoms. The summed E-state index contributed by atoms with van der Waals surface area (Å²) in [6.45, 7) is 4.04. The molecule has 2 rings (SSSR count). The molecule has 0 spiro atoms. The lowest BCUT2D eigenvalue weighted by atomic mass is 10.00. The van der Waals surface area contributed by atoms with Gasteiger partial charge in [0.15, 0.2) is 0 Å². The number of benzene rings is 2. The third-order valence-corrected chi connectivity index (χ3v) is 3.32. The molecule has 2 N–H and O–H groups in total. The first-order valence-electron chi connectivity index (χ1n) is 6.84. The molecule has 0 heterocycles. The van der Waals surface area contributed by atoms with E-state index in [2.05, 4.69) is 6.08 Å². The van der Waals surface area contributed by atoms with E-state index in [0.717, 1.165) is 16.7 Å². The van der Waals surface area contributed by atoms with E-state index >= 15 is 0 Å². The highest BCUT2D eigenvalue weighted by Crippen LogP contribution is 2.35. The van der Waals surface area contributed by atoms with E-state index in [0.29, 0.717) is 12.2 Å². The van der Waals surface area contributed by atoms with E-state index in [1.54, 1.807) is 37.4 Å². The Balaban J connectivity index is 2.45. The van der Waals surface area contributed by atoms with Crippen molar-refractivity contribution in [3.8, 4) is 28.4 Å². The topological polar surface area (TPSA) is 49.7 Å². The van der Waals surface area contributed by atoms with Crippen LogP contribution >= 0.6 is 0 Å². The number of hydrogen-bond donors (Lipinski definition) is 2. The zero-order valence-electron chi connectivity index (χ0n) is 12.6. The summed E-state index contributed by atoms with van der Waals surface area (Å²) in [5.74, 6) is 1.10. The van der Waals surface area contributed by atoms with Crippen molar-refractivity contribution in [3.05, 3.63) is 53.6 Å². The van der Waals surface area contributed by atoms with Crippen LogP contribution in [0.15, 0.2) is 48.0 Å². The minimum Gasteiger partial charge on any atom is -0.508 e. The van der Waals surface area contributed by atoms with Crippen LogP contribution in [0.25, 0.3) is 11.1 Å². The SMILES string of the molecule is COc1cc(-c2ccc(O)cc2)cc(O)c1CC=C(C)C. The predicted octanol–water partition coefficient (Wildman–Crippen LogP) is 4.28. The molecule has 3 nitrogen and oxygen atoms in total. The standard InChI is InChI=1S/C18H20O3/c1-12(2)4-9-16-17(20)10-14(11-18(16)21-3)13-5-7-15(19)8-6-13/h4-8,10-11,19-20H,9H2,1-3H3. The summed E-state index contributed by atoms with van der Waals surface area (Å²) in [6.07, 6.45) is 2.69. The minimum atomic E-state index is 0.218. The van der Waals surface area contributed by atoms with Gasteiger partial charge < -0.3 is 14.9 Å². The number of ether oxygens (including phenoxy) is 1. The normalized spacial score (nSPS) is 10.2. The Morgan fingerprint density at radius 3 is 2.29 bits per heavy atom. The molecule has 0 aliphatic heterocycles. The third kappa shape index (κ3) is 3.57. The van der Waals surface area contributed by atoms with Gasteiger partial charge in [0.2, 0.25) is 0 Å². The van der Waals surface area contributed by atoms with Crippen LogP contribution in [-0.4, -0.2) is 17.3 Å². The first-order chi connectivity index (χ1) is 10.0. The van der Waals surface area contributed by atoms with Gasteiger partial charge in [0, 0.05) is 5.56 Å². The monoisotopic (exact) mass is 284 g/mol. The van der Waals surface area contributed by atoms with Crippen LogP contribution in [0, 0.1) is 0 Å². The van der Waals surface area contributed by atoms with E-state index in [1.807, 2.05) is 19.9 Å². The average Bonchev–Trinajstić information content (AvgIpc) is 2.45. The van der Waals surface area contributed by atoms with Crippen LogP contribution < -0.4 is 4.74 Å². The van der Waals surface area contributed by atoms with Crippen molar-refractivity contribution in [2.24, 2.45) is 0 Å². The van der Waals surface area contributed by atoms with Gasteiger partial charge in [-0.2, -0.15) is 0 Å². The molecule has 110 valence electrons. The van der Waals surface area contributed by atoms with E-state index in [9.17, 15) is 10.2 Å². The van der Waals surface area contributed by atoms with E-state index in [-0.39, 0.29) is 11.5 Å². The van der Waals surface area contributed by atoms with Gasteiger partial charge in [-0.1, -0.05) is 23.8 Å². The molecule has 0 aliphatic rings. The Morgan fingerprint density at radius 2 is 1.71 bits per heavy atom. The smallest absolute Gasteiger partial charge is 0.126 e. The molecule has 0 radical (unpaired) electrons. The predicted molar refractivity (Wildman–Crippen MR) is 84.9 cm³/mol. The van der Waals surface area contributed by atoms with Crippen molar-refractivity contribution in [1.29, 1.82) is 0 Å². The lowest BCUT2D eigenvalue weighted by molar-refractivity contribution is 0.401. The Bertz CT molecular complexity index is 651. The number of phenols is 2. The van der Waals surface area contributed by atoms with E-state index < -0.39 is 0 Å². The number of phenolic OH excluding ortho intramolecular Hbond substituents is 2. The number of allylic oxidation sites excluding steroid dienone is 2. The van der Waals surface area contributed by atoms with Gasteiger partial charge in [0.25, 0.3) is 0 Å². The highest BCUT2D eigenvalue weighted by Gasteiger charge is 2.11. The Labute approximate surface area is 125 Å². The fourth-order valence-electron chi connectivity index (χ4n) is 2.14. The molecular weight excluding hydrogens is 264 g/mol. The van der Waals surface area contributed by atoms with Gasteiger partial charge in [-0.15, -0.1) is 0 Å². The molecule has 0 fully saturated rings. The summed E-state index contributed by atoms with van der Waals surface area (Å²) in [5.41, 5.74) is 3.74. The molecule has 0 saturated heterocycles. The summed E-state index contributed by atoms with van der Waals surface area (Å²) < 4.78 is 5.41. The van der Waals surface area contributed by atoms with Gasteiger partial charge in [-0.05, 0) is 55.7 Å². The molecule has 0 aromatic heterocycles. The maximum absolute atomic E-state index is 10.3. The summed E-state index contributed by atoms with van der Waals surface area (Å²) in [6, 6.07) is 10.5. The van der Waals surface area contributed by atoms with Crippen molar-refractivity contribution >= 4 is 0 Å². The number of hydrogen-bond acceptors (Lipinski definition) is 3. The van der Waals surface area contributed by atoms with Gasteiger partial charge in [0.1, 0.15) is 17.2 Å². The second-order valence-corrected chi connectivity index (χ2v) is 5.21.